The van der Waals surface area contributed by atoms with Crippen LogP contribution in [0.25, 0.3) is 11.4 Å². The first-order valence-corrected chi connectivity index (χ1v) is 6.92. The van der Waals surface area contributed by atoms with Crippen molar-refractivity contribution in [2.45, 2.75) is 19.8 Å². The van der Waals surface area contributed by atoms with Crippen molar-refractivity contribution >= 4 is 5.91 Å². The van der Waals surface area contributed by atoms with Gasteiger partial charge < -0.3 is 4.90 Å². The summed E-state index contributed by atoms with van der Waals surface area (Å²) in [5, 5.41) is 6.83. The van der Waals surface area contributed by atoms with Crippen molar-refractivity contribution in [3.05, 3.63) is 36.2 Å². The van der Waals surface area contributed by atoms with E-state index in [4.69, 9.17) is 0 Å². The van der Waals surface area contributed by atoms with E-state index in [0.717, 1.165) is 37.3 Å². The molecule has 0 aromatic carbocycles. The van der Waals surface area contributed by atoms with E-state index in [-0.39, 0.29) is 5.91 Å². The summed E-state index contributed by atoms with van der Waals surface area (Å²) in [5.41, 5.74) is 3.06. The summed E-state index contributed by atoms with van der Waals surface area (Å²) in [6, 6.07) is 6.03. The first-order valence-electron chi connectivity index (χ1n) is 6.92. The molecule has 1 saturated heterocycles. The number of carbonyl (C=O) groups excluding carboxylic acids is 1. The molecule has 1 fully saturated rings. The maximum Gasteiger partial charge on any atom is 0.219 e. The number of carbonyl (C=O) groups is 1. The van der Waals surface area contributed by atoms with Crippen LogP contribution in [-0.2, 0) is 11.2 Å². The number of nitrogens with zero attached hydrogens (tertiary/aromatic N) is 3. The van der Waals surface area contributed by atoms with Crippen LogP contribution >= 0.6 is 0 Å². The number of likely N-dealkylation sites (tertiary alicyclic amines) is 1. The lowest BCUT2D eigenvalue weighted by atomic mass is 10.00. The van der Waals surface area contributed by atoms with Crippen LogP contribution in [0.15, 0.2) is 30.6 Å². The van der Waals surface area contributed by atoms with Crippen LogP contribution in [0.3, 0.4) is 0 Å². The van der Waals surface area contributed by atoms with Gasteiger partial charge in [0.15, 0.2) is 0 Å². The number of rotatable bonds is 3. The third-order valence-electron chi connectivity index (χ3n) is 3.86. The predicted molar refractivity (Wildman–Crippen MR) is 75.9 cm³/mol. The van der Waals surface area contributed by atoms with Crippen LogP contribution in [0, 0.1) is 5.92 Å². The minimum absolute atomic E-state index is 0.181. The van der Waals surface area contributed by atoms with E-state index in [1.807, 2.05) is 23.2 Å². The molecule has 0 unspecified atom stereocenters. The lowest BCUT2D eigenvalue weighted by Crippen LogP contribution is -2.26. The van der Waals surface area contributed by atoms with E-state index >= 15 is 0 Å². The van der Waals surface area contributed by atoms with Gasteiger partial charge in [0.2, 0.25) is 5.91 Å². The fourth-order valence-corrected chi connectivity index (χ4v) is 2.72. The van der Waals surface area contributed by atoms with Crippen LogP contribution in [0.4, 0.5) is 0 Å². The van der Waals surface area contributed by atoms with Crippen molar-refractivity contribution in [1.29, 1.82) is 0 Å². The standard InChI is InChI=1S/C15H18N4O/c1-11(20)19-7-5-13(10-19)8-12-2-3-14(16-9-12)15-4-6-17-18-15/h2-4,6,9,13H,5,7-8,10H2,1H3,(H,17,18)/t13-/m1/s1. The third kappa shape index (κ3) is 2.71. The average Bonchev–Trinajstić information content (AvgIpc) is 3.10. The molecule has 1 N–H and O–H groups in total. The molecule has 1 aliphatic rings. The van der Waals surface area contributed by atoms with Gasteiger partial charge in [-0.1, -0.05) is 6.07 Å². The smallest absolute Gasteiger partial charge is 0.219 e. The molecule has 2 aromatic rings. The molecule has 3 rings (SSSR count). The number of nitrogens with one attached hydrogen (secondary N) is 1. The fourth-order valence-electron chi connectivity index (χ4n) is 2.72. The molecule has 5 nitrogen and oxygen atoms in total. The van der Waals surface area contributed by atoms with E-state index in [1.165, 1.54) is 5.56 Å². The van der Waals surface area contributed by atoms with Gasteiger partial charge in [-0.2, -0.15) is 5.10 Å². The second-order valence-electron chi connectivity index (χ2n) is 5.35. The Morgan fingerprint density at radius 2 is 2.35 bits per heavy atom. The van der Waals surface area contributed by atoms with Crippen LogP contribution < -0.4 is 0 Å². The maximum atomic E-state index is 11.3. The van der Waals surface area contributed by atoms with Crippen molar-refractivity contribution in [3.8, 4) is 11.4 Å². The van der Waals surface area contributed by atoms with E-state index in [2.05, 4.69) is 21.2 Å². The van der Waals surface area contributed by atoms with E-state index in [0.29, 0.717) is 5.92 Å². The maximum absolute atomic E-state index is 11.3. The zero-order chi connectivity index (χ0) is 13.9. The summed E-state index contributed by atoms with van der Waals surface area (Å²) in [4.78, 5) is 17.7. The summed E-state index contributed by atoms with van der Waals surface area (Å²) in [5.74, 6) is 0.735. The highest BCUT2D eigenvalue weighted by molar-refractivity contribution is 5.73. The van der Waals surface area contributed by atoms with E-state index < -0.39 is 0 Å². The predicted octanol–water partition coefficient (Wildman–Crippen LogP) is 1.88. The van der Waals surface area contributed by atoms with Gasteiger partial charge in [0.05, 0.1) is 11.4 Å². The Hall–Kier alpha value is -2.17. The third-order valence-corrected chi connectivity index (χ3v) is 3.86. The molecule has 0 bridgehead atoms. The monoisotopic (exact) mass is 270 g/mol. The van der Waals surface area contributed by atoms with Crippen molar-refractivity contribution in [2.75, 3.05) is 13.1 Å². The summed E-state index contributed by atoms with van der Waals surface area (Å²) < 4.78 is 0. The van der Waals surface area contributed by atoms with Crippen LogP contribution in [0.2, 0.25) is 0 Å². The number of hydrogen-bond acceptors (Lipinski definition) is 3. The van der Waals surface area contributed by atoms with Crippen molar-refractivity contribution < 1.29 is 4.79 Å². The molecule has 2 aromatic heterocycles. The van der Waals surface area contributed by atoms with Crippen LogP contribution in [0.5, 0.6) is 0 Å². The summed E-state index contributed by atoms with van der Waals surface area (Å²) >= 11 is 0. The van der Waals surface area contributed by atoms with Crippen LogP contribution in [0.1, 0.15) is 18.9 Å². The molecule has 0 spiro atoms. The van der Waals surface area contributed by atoms with Crippen molar-refractivity contribution in [3.63, 3.8) is 0 Å². The lowest BCUT2D eigenvalue weighted by Gasteiger charge is -2.13. The molecule has 1 amide bonds. The first kappa shape index (κ1) is 12.8. The van der Waals surface area contributed by atoms with Gasteiger partial charge in [0.25, 0.3) is 0 Å². The molecular weight excluding hydrogens is 252 g/mol. The second-order valence-corrected chi connectivity index (χ2v) is 5.35. The highest BCUT2D eigenvalue weighted by atomic mass is 16.2. The number of H-pyrrole nitrogens is 1. The normalized spacial score (nSPS) is 18.4. The molecule has 5 heteroatoms. The summed E-state index contributed by atoms with van der Waals surface area (Å²) in [6.45, 7) is 3.40. The average molecular weight is 270 g/mol. The fraction of sp³-hybridized carbons (Fsp3) is 0.400. The Balaban J connectivity index is 1.63. The molecular formula is C15H18N4O. The van der Waals surface area contributed by atoms with Gasteiger partial charge in [-0.15, -0.1) is 0 Å². The Morgan fingerprint density at radius 1 is 1.45 bits per heavy atom. The minimum Gasteiger partial charge on any atom is -0.343 e. The number of hydrogen-bond donors (Lipinski definition) is 1. The molecule has 1 atom stereocenters. The Bertz CT molecular complexity index is 576. The summed E-state index contributed by atoms with van der Waals surface area (Å²) in [7, 11) is 0. The largest absolute Gasteiger partial charge is 0.343 e. The second kappa shape index (κ2) is 5.45. The highest BCUT2D eigenvalue weighted by Gasteiger charge is 2.24. The van der Waals surface area contributed by atoms with Crippen molar-refractivity contribution in [1.82, 2.24) is 20.1 Å². The molecule has 3 heterocycles. The lowest BCUT2D eigenvalue weighted by molar-refractivity contribution is -0.127. The SMILES string of the molecule is CC(=O)N1CC[C@H](Cc2ccc(-c3ccn[nH]3)nc2)C1. The van der Waals surface area contributed by atoms with Gasteiger partial charge >= 0.3 is 0 Å². The highest BCUT2D eigenvalue weighted by Crippen LogP contribution is 2.21. The Labute approximate surface area is 118 Å². The number of amides is 1. The molecule has 104 valence electrons. The summed E-state index contributed by atoms with van der Waals surface area (Å²) in [6.07, 6.45) is 5.72. The number of pyridine rings is 1. The zero-order valence-corrected chi connectivity index (χ0v) is 11.5. The first-order chi connectivity index (χ1) is 9.72. The van der Waals surface area contributed by atoms with Gasteiger partial charge in [-0.05, 0) is 36.5 Å². The van der Waals surface area contributed by atoms with Crippen molar-refractivity contribution in [2.24, 2.45) is 5.92 Å². The Kier molecular flexibility index (Phi) is 3.50. The van der Waals surface area contributed by atoms with Gasteiger partial charge in [0, 0.05) is 32.4 Å². The molecule has 1 aliphatic heterocycles. The molecule has 20 heavy (non-hydrogen) atoms. The zero-order valence-electron chi connectivity index (χ0n) is 11.5. The van der Waals surface area contributed by atoms with Gasteiger partial charge in [0.1, 0.15) is 0 Å². The van der Waals surface area contributed by atoms with Gasteiger partial charge in [-0.25, -0.2) is 0 Å². The minimum atomic E-state index is 0.181. The molecule has 0 radical (unpaired) electrons. The Morgan fingerprint density at radius 3 is 2.95 bits per heavy atom. The molecule has 0 saturated carbocycles. The quantitative estimate of drug-likeness (QED) is 0.926. The van der Waals surface area contributed by atoms with E-state index in [1.54, 1.807) is 13.1 Å². The van der Waals surface area contributed by atoms with Gasteiger partial charge in [-0.3, -0.25) is 14.9 Å². The molecule has 0 aliphatic carbocycles. The van der Waals surface area contributed by atoms with Crippen LogP contribution in [-0.4, -0.2) is 39.1 Å². The van der Waals surface area contributed by atoms with E-state index in [9.17, 15) is 4.79 Å². The number of aromatic nitrogens is 3. The topological polar surface area (TPSA) is 61.9 Å². The number of aromatic amines is 1.